The normalized spacial score (nSPS) is 26.5. The third-order valence-electron chi connectivity index (χ3n) is 4.47. The molecular formula is C16H23FN2O3S. The Labute approximate surface area is 136 Å². The molecule has 0 aliphatic carbocycles. The molecule has 0 unspecified atom stereocenters. The SMILES string of the molecule is O=S(=O)(N[C@@H]1CCCN(C[C@@H]2CCOC2)C1)c1cccc(F)c1. The molecule has 1 aromatic rings. The molecule has 23 heavy (non-hydrogen) atoms. The second-order valence-corrected chi connectivity index (χ2v) is 8.12. The van der Waals surface area contributed by atoms with E-state index >= 15 is 0 Å². The minimum atomic E-state index is -3.67. The number of benzene rings is 1. The van der Waals surface area contributed by atoms with Crippen LogP contribution in [0.2, 0.25) is 0 Å². The molecule has 2 heterocycles. The third-order valence-corrected chi connectivity index (χ3v) is 5.99. The molecule has 2 aliphatic rings. The van der Waals surface area contributed by atoms with E-state index < -0.39 is 15.8 Å². The molecule has 3 rings (SSSR count). The number of rotatable bonds is 5. The van der Waals surface area contributed by atoms with Gasteiger partial charge in [-0.15, -0.1) is 0 Å². The van der Waals surface area contributed by atoms with E-state index in [0.717, 1.165) is 51.6 Å². The first-order chi connectivity index (χ1) is 11.0. The van der Waals surface area contributed by atoms with Crippen molar-refractivity contribution in [3.8, 4) is 0 Å². The van der Waals surface area contributed by atoms with Gasteiger partial charge in [0.15, 0.2) is 0 Å². The maximum absolute atomic E-state index is 13.3. The van der Waals surface area contributed by atoms with Crippen molar-refractivity contribution in [1.82, 2.24) is 9.62 Å². The highest BCUT2D eigenvalue weighted by molar-refractivity contribution is 7.89. The number of sulfonamides is 1. The maximum atomic E-state index is 13.3. The molecule has 0 saturated carbocycles. The summed E-state index contributed by atoms with van der Waals surface area (Å²) in [4.78, 5) is 2.29. The highest BCUT2D eigenvalue weighted by atomic mass is 32.2. The number of nitrogens with zero attached hydrogens (tertiary/aromatic N) is 1. The summed E-state index contributed by atoms with van der Waals surface area (Å²) in [6, 6.07) is 5.00. The number of piperidine rings is 1. The lowest BCUT2D eigenvalue weighted by molar-refractivity contribution is 0.148. The fourth-order valence-electron chi connectivity index (χ4n) is 3.33. The lowest BCUT2D eigenvalue weighted by Crippen LogP contribution is -2.48. The maximum Gasteiger partial charge on any atom is 0.240 e. The number of halogens is 1. The molecule has 1 aromatic carbocycles. The van der Waals surface area contributed by atoms with Crippen LogP contribution >= 0.6 is 0 Å². The Bertz CT molecular complexity index is 632. The van der Waals surface area contributed by atoms with Crippen LogP contribution in [0.1, 0.15) is 19.3 Å². The summed E-state index contributed by atoms with van der Waals surface area (Å²) >= 11 is 0. The van der Waals surface area contributed by atoms with Crippen molar-refractivity contribution in [2.75, 3.05) is 32.8 Å². The molecular weight excluding hydrogens is 319 g/mol. The van der Waals surface area contributed by atoms with Gasteiger partial charge >= 0.3 is 0 Å². The summed E-state index contributed by atoms with van der Waals surface area (Å²) in [5.74, 6) is 0.00737. The predicted molar refractivity (Wildman–Crippen MR) is 85.1 cm³/mol. The quantitative estimate of drug-likeness (QED) is 0.883. The van der Waals surface area contributed by atoms with Crippen LogP contribution in [0.4, 0.5) is 4.39 Å². The van der Waals surface area contributed by atoms with E-state index in [4.69, 9.17) is 4.74 Å². The standard InChI is InChI=1S/C16H23FN2O3S/c17-14-3-1-5-16(9-14)23(20,21)18-15-4-2-7-19(11-15)10-13-6-8-22-12-13/h1,3,5,9,13,15,18H,2,4,6-8,10-12H2/t13-,15+/m0/s1. The molecule has 0 aromatic heterocycles. The Balaban J connectivity index is 1.60. The molecule has 0 bridgehead atoms. The van der Waals surface area contributed by atoms with Crippen molar-refractivity contribution in [2.45, 2.75) is 30.2 Å². The minimum Gasteiger partial charge on any atom is -0.381 e. The van der Waals surface area contributed by atoms with Gasteiger partial charge in [0.25, 0.3) is 0 Å². The summed E-state index contributed by atoms with van der Waals surface area (Å²) in [5, 5.41) is 0. The van der Waals surface area contributed by atoms with Crippen molar-refractivity contribution in [2.24, 2.45) is 5.92 Å². The van der Waals surface area contributed by atoms with Crippen LogP contribution in [0.25, 0.3) is 0 Å². The van der Waals surface area contributed by atoms with Gasteiger partial charge in [-0.05, 0) is 49.9 Å². The highest BCUT2D eigenvalue weighted by Gasteiger charge is 2.27. The van der Waals surface area contributed by atoms with Gasteiger partial charge in [-0.2, -0.15) is 0 Å². The van der Waals surface area contributed by atoms with Crippen molar-refractivity contribution in [1.29, 1.82) is 0 Å². The van der Waals surface area contributed by atoms with Crippen LogP contribution in [0.3, 0.4) is 0 Å². The summed E-state index contributed by atoms with van der Waals surface area (Å²) in [6.45, 7) is 4.28. The Morgan fingerprint density at radius 2 is 2.22 bits per heavy atom. The summed E-state index contributed by atoms with van der Waals surface area (Å²) in [7, 11) is -3.67. The Kier molecular flexibility index (Phi) is 5.31. The molecule has 7 heteroatoms. The van der Waals surface area contributed by atoms with Gasteiger partial charge in [-0.1, -0.05) is 6.07 Å². The zero-order chi connectivity index (χ0) is 16.3. The Hall–Kier alpha value is -1.02. The number of ether oxygens (including phenoxy) is 1. The first-order valence-electron chi connectivity index (χ1n) is 8.11. The zero-order valence-electron chi connectivity index (χ0n) is 13.1. The average molecular weight is 342 g/mol. The predicted octanol–water partition coefficient (Wildman–Crippen LogP) is 1.60. The smallest absolute Gasteiger partial charge is 0.240 e. The summed E-state index contributed by atoms with van der Waals surface area (Å²) in [6.07, 6.45) is 2.85. The van der Waals surface area contributed by atoms with Gasteiger partial charge in [0.05, 0.1) is 11.5 Å². The third kappa shape index (κ3) is 4.50. The minimum absolute atomic E-state index is 0.0150. The van der Waals surface area contributed by atoms with Gasteiger partial charge in [0, 0.05) is 25.7 Å². The second kappa shape index (κ2) is 7.25. The first-order valence-corrected chi connectivity index (χ1v) is 9.59. The average Bonchev–Trinajstić information content (AvgIpc) is 3.00. The summed E-state index contributed by atoms with van der Waals surface area (Å²) in [5.41, 5.74) is 0. The molecule has 5 nitrogen and oxygen atoms in total. The molecule has 2 atom stereocenters. The molecule has 0 amide bonds. The van der Waals surface area contributed by atoms with Crippen molar-refractivity contribution in [3.05, 3.63) is 30.1 Å². The molecule has 2 saturated heterocycles. The highest BCUT2D eigenvalue weighted by Crippen LogP contribution is 2.19. The van der Waals surface area contributed by atoms with Gasteiger partial charge in [-0.3, -0.25) is 0 Å². The van der Waals surface area contributed by atoms with Crippen LogP contribution in [0.15, 0.2) is 29.2 Å². The van der Waals surface area contributed by atoms with Crippen LogP contribution in [-0.4, -0.2) is 52.2 Å². The topological polar surface area (TPSA) is 58.6 Å². The van der Waals surface area contributed by atoms with E-state index in [9.17, 15) is 12.8 Å². The molecule has 128 valence electrons. The van der Waals surface area contributed by atoms with Crippen LogP contribution in [0.5, 0.6) is 0 Å². The van der Waals surface area contributed by atoms with Gasteiger partial charge in [0.2, 0.25) is 10.0 Å². The lowest BCUT2D eigenvalue weighted by atomic mass is 10.0. The lowest BCUT2D eigenvalue weighted by Gasteiger charge is -2.34. The molecule has 0 radical (unpaired) electrons. The van der Waals surface area contributed by atoms with Crippen molar-refractivity contribution < 1.29 is 17.5 Å². The molecule has 0 spiro atoms. The van der Waals surface area contributed by atoms with Gasteiger partial charge in [0.1, 0.15) is 5.82 Å². The van der Waals surface area contributed by atoms with E-state index in [1.165, 1.54) is 18.2 Å². The Morgan fingerprint density at radius 3 is 2.96 bits per heavy atom. The van der Waals surface area contributed by atoms with Gasteiger partial charge < -0.3 is 9.64 Å². The van der Waals surface area contributed by atoms with E-state index in [-0.39, 0.29) is 10.9 Å². The van der Waals surface area contributed by atoms with Crippen LogP contribution in [0, 0.1) is 11.7 Å². The van der Waals surface area contributed by atoms with Crippen molar-refractivity contribution >= 4 is 10.0 Å². The van der Waals surface area contributed by atoms with E-state index in [1.807, 2.05) is 0 Å². The fraction of sp³-hybridized carbons (Fsp3) is 0.625. The summed E-state index contributed by atoms with van der Waals surface area (Å²) < 4.78 is 46.2. The number of likely N-dealkylation sites (tertiary alicyclic amines) is 1. The number of hydrogen-bond donors (Lipinski definition) is 1. The van der Waals surface area contributed by atoms with Gasteiger partial charge in [-0.25, -0.2) is 17.5 Å². The Morgan fingerprint density at radius 1 is 1.35 bits per heavy atom. The second-order valence-electron chi connectivity index (χ2n) is 6.41. The fourth-order valence-corrected chi connectivity index (χ4v) is 4.62. The van der Waals surface area contributed by atoms with Crippen LogP contribution < -0.4 is 4.72 Å². The number of hydrogen-bond acceptors (Lipinski definition) is 4. The molecule has 2 fully saturated rings. The molecule has 1 N–H and O–H groups in total. The monoisotopic (exact) mass is 342 g/mol. The van der Waals surface area contributed by atoms with Crippen molar-refractivity contribution in [3.63, 3.8) is 0 Å². The first kappa shape index (κ1) is 16.8. The van der Waals surface area contributed by atoms with Crippen LogP contribution in [-0.2, 0) is 14.8 Å². The van der Waals surface area contributed by atoms with E-state index in [1.54, 1.807) is 0 Å². The molecule has 2 aliphatic heterocycles. The number of nitrogens with one attached hydrogen (secondary N) is 1. The zero-order valence-corrected chi connectivity index (χ0v) is 13.9. The van der Waals surface area contributed by atoms with E-state index in [2.05, 4.69) is 9.62 Å². The van der Waals surface area contributed by atoms with E-state index in [0.29, 0.717) is 12.5 Å². The largest absolute Gasteiger partial charge is 0.381 e.